The molecule has 6 heteroatoms. The first-order valence-corrected chi connectivity index (χ1v) is 8.88. The van der Waals surface area contributed by atoms with Gasteiger partial charge in [0.15, 0.2) is 0 Å². The van der Waals surface area contributed by atoms with Crippen molar-refractivity contribution in [3.8, 4) is 0 Å². The lowest BCUT2D eigenvalue weighted by molar-refractivity contribution is -0.142. The molecule has 0 saturated heterocycles. The van der Waals surface area contributed by atoms with Crippen molar-refractivity contribution in [2.75, 3.05) is 6.54 Å². The fourth-order valence-corrected chi connectivity index (χ4v) is 2.74. The minimum atomic E-state index is -1.24. The zero-order valence-corrected chi connectivity index (χ0v) is 15.1. The summed E-state index contributed by atoms with van der Waals surface area (Å²) < 4.78 is 0. The van der Waals surface area contributed by atoms with Crippen molar-refractivity contribution >= 4 is 17.8 Å². The Kier molecular flexibility index (Phi) is 5.26. The molecule has 3 N–H and O–H groups in total. The van der Waals surface area contributed by atoms with Gasteiger partial charge in [-0.2, -0.15) is 0 Å². The summed E-state index contributed by atoms with van der Waals surface area (Å²) >= 11 is 0. The Bertz CT molecular complexity index is 844. The van der Waals surface area contributed by atoms with Gasteiger partial charge >= 0.3 is 5.97 Å². The molecule has 0 aromatic heterocycles. The molecule has 1 saturated carbocycles. The zero-order chi connectivity index (χ0) is 19.4. The van der Waals surface area contributed by atoms with Gasteiger partial charge in [-0.3, -0.25) is 14.4 Å². The average molecular weight is 366 g/mol. The molecule has 0 spiro atoms. The fraction of sp³-hybridized carbons (Fsp3) is 0.286. The largest absolute Gasteiger partial charge is 0.481 e. The number of nitrogens with one attached hydrogen (secondary N) is 2. The maximum atomic E-state index is 12.4. The summed E-state index contributed by atoms with van der Waals surface area (Å²) in [5.41, 5.74) is 0.253. The van der Waals surface area contributed by atoms with Gasteiger partial charge in [-0.25, -0.2) is 0 Å². The summed E-state index contributed by atoms with van der Waals surface area (Å²) in [5.74, 6) is -1.54. The summed E-state index contributed by atoms with van der Waals surface area (Å²) in [5, 5.41) is 15.2. The molecule has 0 aliphatic heterocycles. The molecule has 1 unspecified atom stereocenters. The van der Waals surface area contributed by atoms with Gasteiger partial charge in [0.2, 0.25) is 0 Å². The first-order chi connectivity index (χ1) is 12.9. The lowest BCUT2D eigenvalue weighted by Crippen LogP contribution is -2.44. The summed E-state index contributed by atoms with van der Waals surface area (Å²) in [6.45, 7) is 1.53. The van der Waals surface area contributed by atoms with E-state index in [0.717, 1.165) is 12.8 Å². The first kappa shape index (κ1) is 18.6. The Hall–Kier alpha value is -3.15. The van der Waals surface area contributed by atoms with Crippen LogP contribution in [0.25, 0.3) is 0 Å². The van der Waals surface area contributed by atoms with Crippen LogP contribution in [0, 0.1) is 0 Å². The van der Waals surface area contributed by atoms with E-state index in [0.29, 0.717) is 16.7 Å². The molecule has 6 nitrogen and oxygen atoms in total. The number of amides is 2. The van der Waals surface area contributed by atoms with Crippen molar-refractivity contribution in [1.29, 1.82) is 0 Å². The maximum absolute atomic E-state index is 12.4. The lowest BCUT2D eigenvalue weighted by atomic mass is 9.82. The second-order valence-electron chi connectivity index (χ2n) is 7.01. The molecule has 27 heavy (non-hydrogen) atoms. The van der Waals surface area contributed by atoms with E-state index in [4.69, 9.17) is 0 Å². The van der Waals surface area contributed by atoms with Crippen LogP contribution in [0.5, 0.6) is 0 Å². The summed E-state index contributed by atoms with van der Waals surface area (Å²) in [4.78, 5) is 36.2. The molecule has 1 atom stereocenters. The molecule has 2 aromatic rings. The maximum Gasteiger partial charge on any atom is 0.315 e. The highest BCUT2D eigenvalue weighted by molar-refractivity contribution is 5.98. The number of carboxylic acid groups (broad SMARTS) is 1. The Balaban J connectivity index is 1.65. The predicted octanol–water partition coefficient (Wildman–Crippen LogP) is 2.35. The Labute approximate surface area is 157 Å². The van der Waals surface area contributed by atoms with Crippen LogP contribution in [-0.2, 0) is 10.2 Å². The molecular weight excluding hydrogens is 344 g/mol. The van der Waals surface area contributed by atoms with E-state index in [9.17, 15) is 19.5 Å². The third kappa shape index (κ3) is 4.34. The number of carbonyl (C=O) groups excluding carboxylic acids is 2. The average Bonchev–Trinajstić information content (AvgIpc) is 3.50. The Morgan fingerprint density at radius 3 is 2.04 bits per heavy atom. The highest BCUT2D eigenvalue weighted by atomic mass is 16.4. The standard InChI is InChI=1S/C21H22N2O4/c1-21(20(26)27,16-5-3-2-4-6-16)13-22-18(24)14-7-9-15(10-8-14)19(25)23-17-11-12-17/h2-10,17H,11-13H2,1H3,(H,22,24)(H,23,25)(H,26,27). The van der Waals surface area contributed by atoms with Crippen molar-refractivity contribution in [3.63, 3.8) is 0 Å². The van der Waals surface area contributed by atoms with Crippen LogP contribution in [0.4, 0.5) is 0 Å². The van der Waals surface area contributed by atoms with E-state index in [1.165, 1.54) is 0 Å². The third-order valence-electron chi connectivity index (χ3n) is 4.81. The van der Waals surface area contributed by atoms with Crippen molar-refractivity contribution in [2.24, 2.45) is 0 Å². The number of aliphatic carboxylic acids is 1. The van der Waals surface area contributed by atoms with E-state index in [1.54, 1.807) is 55.5 Å². The molecule has 2 amide bonds. The van der Waals surface area contributed by atoms with Crippen molar-refractivity contribution in [3.05, 3.63) is 71.3 Å². The molecule has 3 rings (SSSR count). The first-order valence-electron chi connectivity index (χ1n) is 8.88. The normalized spacial score (nSPS) is 15.4. The second kappa shape index (κ2) is 7.61. The summed E-state index contributed by atoms with van der Waals surface area (Å²) in [7, 11) is 0. The van der Waals surface area contributed by atoms with Crippen LogP contribution in [0.2, 0.25) is 0 Å². The van der Waals surface area contributed by atoms with Gasteiger partial charge in [-0.15, -0.1) is 0 Å². The number of rotatable bonds is 7. The van der Waals surface area contributed by atoms with Crippen molar-refractivity contribution < 1.29 is 19.5 Å². The quantitative estimate of drug-likeness (QED) is 0.701. The highest BCUT2D eigenvalue weighted by Crippen LogP contribution is 2.23. The van der Waals surface area contributed by atoms with Crippen LogP contribution >= 0.6 is 0 Å². The van der Waals surface area contributed by atoms with Crippen LogP contribution in [-0.4, -0.2) is 35.5 Å². The van der Waals surface area contributed by atoms with Gasteiger partial charge in [0.05, 0.1) is 0 Å². The van der Waals surface area contributed by atoms with E-state index < -0.39 is 11.4 Å². The Morgan fingerprint density at radius 1 is 0.963 bits per heavy atom. The number of hydrogen-bond acceptors (Lipinski definition) is 3. The highest BCUT2D eigenvalue weighted by Gasteiger charge is 2.35. The smallest absolute Gasteiger partial charge is 0.315 e. The number of carbonyl (C=O) groups is 3. The van der Waals surface area contributed by atoms with Gasteiger partial charge in [-0.1, -0.05) is 30.3 Å². The third-order valence-corrected chi connectivity index (χ3v) is 4.81. The summed E-state index contributed by atoms with van der Waals surface area (Å²) in [6.07, 6.45) is 2.02. The molecule has 1 aliphatic carbocycles. The van der Waals surface area contributed by atoms with E-state index in [-0.39, 0.29) is 24.4 Å². The topological polar surface area (TPSA) is 95.5 Å². The van der Waals surface area contributed by atoms with Gasteiger partial charge in [0.25, 0.3) is 11.8 Å². The molecular formula is C21H22N2O4. The van der Waals surface area contributed by atoms with Gasteiger partial charge in [-0.05, 0) is 49.6 Å². The van der Waals surface area contributed by atoms with Crippen molar-refractivity contribution in [2.45, 2.75) is 31.2 Å². The second-order valence-corrected chi connectivity index (χ2v) is 7.01. The number of hydrogen-bond donors (Lipinski definition) is 3. The molecule has 0 radical (unpaired) electrons. The van der Waals surface area contributed by atoms with Crippen molar-refractivity contribution in [1.82, 2.24) is 10.6 Å². The zero-order valence-electron chi connectivity index (χ0n) is 15.1. The molecule has 140 valence electrons. The van der Waals surface area contributed by atoms with Crippen LogP contribution in [0.1, 0.15) is 46.0 Å². The van der Waals surface area contributed by atoms with Crippen LogP contribution in [0.15, 0.2) is 54.6 Å². The lowest BCUT2D eigenvalue weighted by Gasteiger charge is -2.25. The van der Waals surface area contributed by atoms with Gasteiger partial charge < -0.3 is 15.7 Å². The number of benzene rings is 2. The van der Waals surface area contributed by atoms with E-state index in [2.05, 4.69) is 10.6 Å². The van der Waals surface area contributed by atoms with Gasteiger partial charge in [0.1, 0.15) is 5.41 Å². The van der Waals surface area contributed by atoms with Gasteiger partial charge in [0, 0.05) is 23.7 Å². The van der Waals surface area contributed by atoms with Crippen LogP contribution in [0.3, 0.4) is 0 Å². The van der Waals surface area contributed by atoms with E-state index in [1.807, 2.05) is 6.07 Å². The minimum Gasteiger partial charge on any atom is -0.481 e. The predicted molar refractivity (Wildman–Crippen MR) is 101 cm³/mol. The molecule has 2 aromatic carbocycles. The SMILES string of the molecule is CC(CNC(=O)c1ccc(C(=O)NC2CC2)cc1)(C(=O)O)c1ccccc1. The molecule has 0 heterocycles. The molecule has 1 fully saturated rings. The molecule has 0 bridgehead atoms. The van der Waals surface area contributed by atoms with E-state index >= 15 is 0 Å². The monoisotopic (exact) mass is 366 g/mol. The molecule has 1 aliphatic rings. The fourth-order valence-electron chi connectivity index (χ4n) is 2.74. The number of carboxylic acids is 1. The summed E-state index contributed by atoms with van der Waals surface area (Å²) in [6, 6.07) is 15.4. The Morgan fingerprint density at radius 2 is 1.52 bits per heavy atom. The minimum absolute atomic E-state index is 0.0465. The van der Waals surface area contributed by atoms with Crippen LogP contribution < -0.4 is 10.6 Å².